The maximum Gasteiger partial charge on any atom is 0.416 e. The quantitative estimate of drug-likeness (QED) is 0.183. The molecule has 2 atom stereocenters. The molecule has 0 spiro atoms. The molecule has 2 amide bonds. The van der Waals surface area contributed by atoms with Crippen LogP contribution in [0.5, 0.6) is 0 Å². The highest BCUT2D eigenvalue weighted by atomic mass is 16.6. The van der Waals surface area contributed by atoms with Gasteiger partial charge < -0.3 is 4.74 Å². The molecule has 0 saturated carbocycles. The number of carbonyl (C=O) groups is 3. The lowest BCUT2D eigenvalue weighted by molar-refractivity contribution is -0.131. The first-order chi connectivity index (χ1) is 17.3. The first-order valence-electron chi connectivity index (χ1n) is 11.6. The van der Waals surface area contributed by atoms with Gasteiger partial charge in [0.05, 0.1) is 6.04 Å². The number of amides is 2. The van der Waals surface area contributed by atoms with E-state index >= 15 is 0 Å². The number of cyclic esters (lactones) is 1. The Kier molecular flexibility index (Phi) is 7.17. The molecule has 0 bridgehead atoms. The molecular formula is C28H26N4O4. The van der Waals surface area contributed by atoms with E-state index in [2.05, 4.69) is 10.0 Å². The molecule has 0 unspecified atom stereocenters. The Labute approximate surface area is 209 Å². The minimum Gasteiger partial charge on any atom is -0.447 e. The van der Waals surface area contributed by atoms with Crippen LogP contribution >= 0.6 is 0 Å². The number of rotatable bonds is 8. The summed E-state index contributed by atoms with van der Waals surface area (Å²) in [6, 6.07) is 23.6. The number of hydrogen-bond acceptors (Lipinski definition) is 5. The smallest absolute Gasteiger partial charge is 0.416 e. The molecule has 1 heterocycles. The van der Waals surface area contributed by atoms with Gasteiger partial charge in [0.1, 0.15) is 12.6 Å². The highest BCUT2D eigenvalue weighted by Gasteiger charge is 2.45. The van der Waals surface area contributed by atoms with Crippen LogP contribution in [0.15, 0.2) is 90.0 Å². The fourth-order valence-electron chi connectivity index (χ4n) is 4.42. The molecule has 1 aliphatic rings. The maximum atomic E-state index is 13.6. The van der Waals surface area contributed by atoms with Gasteiger partial charge in [-0.25, -0.2) is 9.69 Å². The third-order valence-corrected chi connectivity index (χ3v) is 6.52. The molecule has 1 fully saturated rings. The highest BCUT2D eigenvalue weighted by molar-refractivity contribution is 6.09. The molecule has 1 saturated heterocycles. The number of hydrogen-bond donors (Lipinski definition) is 0. The SMILES string of the molecule is CC(C)(c1ccc(C(=O)c2ccccc2)cc1)[C@H](N=[N+]=[N-])C(=O)N1C(=O)OC[C@@H]1Cc1ccccc1. The van der Waals surface area contributed by atoms with E-state index in [-0.39, 0.29) is 12.4 Å². The van der Waals surface area contributed by atoms with E-state index in [0.717, 1.165) is 10.5 Å². The Morgan fingerprint density at radius 1 is 1.00 bits per heavy atom. The van der Waals surface area contributed by atoms with Gasteiger partial charge in [0.15, 0.2) is 5.78 Å². The zero-order chi connectivity index (χ0) is 25.7. The van der Waals surface area contributed by atoms with Gasteiger partial charge >= 0.3 is 6.09 Å². The molecule has 0 N–H and O–H groups in total. The van der Waals surface area contributed by atoms with Crippen LogP contribution in [0.25, 0.3) is 10.4 Å². The molecule has 8 heteroatoms. The number of ketones is 1. The molecule has 3 aromatic rings. The van der Waals surface area contributed by atoms with Gasteiger partial charge in [0.25, 0.3) is 0 Å². The minimum absolute atomic E-state index is 0.0686. The van der Waals surface area contributed by atoms with E-state index in [1.54, 1.807) is 62.4 Å². The average molecular weight is 483 g/mol. The van der Waals surface area contributed by atoms with E-state index in [9.17, 15) is 19.9 Å². The van der Waals surface area contributed by atoms with Crippen LogP contribution in [0.2, 0.25) is 0 Å². The van der Waals surface area contributed by atoms with Gasteiger partial charge in [-0.2, -0.15) is 0 Å². The van der Waals surface area contributed by atoms with Crippen LogP contribution in [-0.4, -0.2) is 41.4 Å². The predicted octanol–water partition coefficient (Wildman–Crippen LogP) is 5.46. The normalized spacial score (nSPS) is 16.1. The van der Waals surface area contributed by atoms with Crippen molar-refractivity contribution in [3.05, 3.63) is 118 Å². The number of benzene rings is 3. The molecule has 36 heavy (non-hydrogen) atoms. The van der Waals surface area contributed by atoms with Gasteiger partial charge in [0, 0.05) is 21.5 Å². The van der Waals surface area contributed by atoms with Crippen LogP contribution in [0.1, 0.15) is 40.9 Å². The van der Waals surface area contributed by atoms with E-state index in [4.69, 9.17) is 4.74 Å². The van der Waals surface area contributed by atoms with E-state index in [1.807, 2.05) is 36.4 Å². The Morgan fingerprint density at radius 2 is 1.58 bits per heavy atom. The van der Waals surface area contributed by atoms with Gasteiger partial charge in [-0.05, 0) is 23.1 Å². The third kappa shape index (κ3) is 4.99. The Hall–Kier alpha value is -4.42. The lowest BCUT2D eigenvalue weighted by Gasteiger charge is -2.33. The molecule has 0 aliphatic carbocycles. The van der Waals surface area contributed by atoms with Gasteiger partial charge in [-0.3, -0.25) is 9.59 Å². The number of nitrogens with zero attached hydrogens (tertiary/aromatic N) is 4. The van der Waals surface area contributed by atoms with Crippen LogP contribution in [0, 0.1) is 0 Å². The number of carbonyl (C=O) groups excluding carboxylic acids is 3. The Morgan fingerprint density at radius 3 is 2.19 bits per heavy atom. The first kappa shape index (κ1) is 24.7. The van der Waals surface area contributed by atoms with Crippen LogP contribution < -0.4 is 0 Å². The molecule has 0 radical (unpaired) electrons. The largest absolute Gasteiger partial charge is 0.447 e. The summed E-state index contributed by atoms with van der Waals surface area (Å²) in [7, 11) is 0. The summed E-state index contributed by atoms with van der Waals surface area (Å²) in [5.41, 5.74) is 11.0. The molecule has 0 aromatic heterocycles. The maximum absolute atomic E-state index is 13.6. The summed E-state index contributed by atoms with van der Waals surface area (Å²) >= 11 is 0. The molecule has 182 valence electrons. The van der Waals surface area contributed by atoms with Crippen LogP contribution in [0.3, 0.4) is 0 Å². The van der Waals surface area contributed by atoms with E-state index in [0.29, 0.717) is 23.1 Å². The van der Waals surface area contributed by atoms with Gasteiger partial charge in [0.2, 0.25) is 5.91 Å². The highest BCUT2D eigenvalue weighted by Crippen LogP contribution is 2.33. The average Bonchev–Trinajstić information content (AvgIpc) is 3.27. The van der Waals surface area contributed by atoms with Crippen molar-refractivity contribution >= 4 is 17.8 Å². The van der Waals surface area contributed by atoms with Crippen molar-refractivity contribution in [3.63, 3.8) is 0 Å². The molecule has 4 rings (SSSR count). The number of ether oxygens (including phenoxy) is 1. The molecule has 1 aliphatic heterocycles. The summed E-state index contributed by atoms with van der Waals surface area (Å²) in [6.45, 7) is 3.61. The van der Waals surface area contributed by atoms with Crippen LogP contribution in [0.4, 0.5) is 4.79 Å². The Balaban J connectivity index is 1.59. The fraction of sp³-hybridized carbons (Fsp3) is 0.250. The first-order valence-corrected chi connectivity index (χ1v) is 11.6. The van der Waals surface area contributed by atoms with Crippen molar-refractivity contribution in [1.29, 1.82) is 0 Å². The summed E-state index contributed by atoms with van der Waals surface area (Å²) < 4.78 is 5.20. The summed E-state index contributed by atoms with van der Waals surface area (Å²) in [6.07, 6.45) is -0.323. The van der Waals surface area contributed by atoms with E-state index < -0.39 is 29.5 Å². The lowest BCUT2D eigenvalue weighted by atomic mass is 9.77. The monoisotopic (exact) mass is 482 g/mol. The topological polar surface area (TPSA) is 112 Å². The second-order valence-electron chi connectivity index (χ2n) is 9.23. The molecule has 8 nitrogen and oxygen atoms in total. The van der Waals surface area contributed by atoms with Gasteiger partial charge in [-0.15, -0.1) is 0 Å². The summed E-state index contributed by atoms with van der Waals surface area (Å²) in [5, 5.41) is 3.81. The van der Waals surface area contributed by atoms with Crippen molar-refractivity contribution in [2.75, 3.05) is 6.61 Å². The molecular weight excluding hydrogens is 456 g/mol. The minimum atomic E-state index is -1.21. The van der Waals surface area contributed by atoms with Crippen molar-refractivity contribution in [2.24, 2.45) is 5.11 Å². The van der Waals surface area contributed by atoms with Crippen molar-refractivity contribution in [3.8, 4) is 0 Å². The van der Waals surface area contributed by atoms with Crippen LogP contribution in [-0.2, 0) is 21.4 Å². The zero-order valence-electron chi connectivity index (χ0n) is 20.1. The van der Waals surface area contributed by atoms with Gasteiger partial charge in [-0.1, -0.05) is 104 Å². The third-order valence-electron chi connectivity index (χ3n) is 6.52. The standard InChI is InChI=1S/C28H26N4O4/c1-28(2,22-15-13-21(14-16-22)24(33)20-11-7-4-8-12-20)25(30-31-29)26(34)32-23(18-36-27(32)35)17-19-9-5-3-6-10-19/h3-16,23,25H,17-18H2,1-2H3/t23-,25+/m0/s1. The van der Waals surface area contributed by atoms with Crippen molar-refractivity contribution in [2.45, 2.75) is 37.8 Å². The second-order valence-corrected chi connectivity index (χ2v) is 9.23. The van der Waals surface area contributed by atoms with Crippen molar-refractivity contribution < 1.29 is 19.1 Å². The predicted molar refractivity (Wildman–Crippen MR) is 134 cm³/mol. The summed E-state index contributed by atoms with van der Waals surface area (Å²) in [5.74, 6) is -0.739. The van der Waals surface area contributed by atoms with Crippen molar-refractivity contribution in [1.82, 2.24) is 4.90 Å². The zero-order valence-corrected chi connectivity index (χ0v) is 20.1. The Bertz CT molecular complexity index is 1300. The molecule has 3 aromatic carbocycles. The fourth-order valence-corrected chi connectivity index (χ4v) is 4.42. The van der Waals surface area contributed by atoms with E-state index in [1.165, 1.54) is 0 Å². The second kappa shape index (κ2) is 10.5. The number of azide groups is 1. The number of imide groups is 1. The lowest BCUT2D eigenvalue weighted by Crippen LogP contribution is -2.50. The summed E-state index contributed by atoms with van der Waals surface area (Å²) in [4.78, 5) is 42.9.